The molecule has 0 aromatic heterocycles. The molecule has 1 saturated heterocycles. The summed E-state index contributed by atoms with van der Waals surface area (Å²) in [7, 11) is 0. The normalized spacial score (nSPS) is 19.8. The Bertz CT molecular complexity index is 1420. The van der Waals surface area contributed by atoms with Crippen molar-refractivity contribution in [2.75, 3.05) is 13.2 Å². The van der Waals surface area contributed by atoms with Gasteiger partial charge in [0.2, 0.25) is 5.91 Å². The minimum absolute atomic E-state index is 0.0964. The van der Waals surface area contributed by atoms with Crippen LogP contribution in [0.3, 0.4) is 0 Å². The van der Waals surface area contributed by atoms with Crippen LogP contribution in [0.5, 0.6) is 0 Å². The highest BCUT2D eigenvalue weighted by atomic mass is 16.7. The molecule has 1 fully saturated rings. The summed E-state index contributed by atoms with van der Waals surface area (Å²) in [4.78, 5) is 26.5. The first-order chi connectivity index (χ1) is 35.7. The molecule has 1 amide bonds. The first-order valence-electron chi connectivity index (χ1n) is 30.1. The Morgan fingerprint density at radius 1 is 0.534 bits per heavy atom. The molecule has 0 aliphatic carbocycles. The molecule has 1 aliphatic heterocycles. The second-order valence-electron chi connectivity index (χ2n) is 20.7. The molecule has 11 nitrogen and oxygen atoms in total. The predicted octanol–water partition coefficient (Wildman–Crippen LogP) is 13.8. The minimum Gasteiger partial charge on any atom is -0.454 e. The highest BCUT2D eigenvalue weighted by Gasteiger charge is 2.47. The SMILES string of the molecule is CCCCC/C=C\C/C=C\C/C=C\CCCCCCC(=O)OC1C(OCC(NC(=O)C(O)CCCCCCCC/C=C/CCCCCCCC)C(O)/C=C/CCCCCCCCCCC)OC(CO)C(O)C1O. The Kier molecular flexibility index (Phi) is 47.0. The number of nitrogens with one attached hydrogen (secondary N) is 1. The van der Waals surface area contributed by atoms with Gasteiger partial charge in [0.25, 0.3) is 0 Å². The summed E-state index contributed by atoms with van der Waals surface area (Å²) in [5, 5.41) is 56.9. The van der Waals surface area contributed by atoms with E-state index in [9.17, 15) is 35.1 Å². The molecule has 0 radical (unpaired) electrons. The van der Waals surface area contributed by atoms with Gasteiger partial charge < -0.3 is 45.1 Å². The largest absolute Gasteiger partial charge is 0.454 e. The van der Waals surface area contributed by atoms with Crippen LogP contribution < -0.4 is 5.32 Å². The fourth-order valence-electron chi connectivity index (χ4n) is 9.06. The van der Waals surface area contributed by atoms with E-state index in [0.29, 0.717) is 12.8 Å². The average Bonchev–Trinajstić information content (AvgIpc) is 3.39. The maximum absolute atomic E-state index is 13.4. The number of hydrogen-bond donors (Lipinski definition) is 6. The standard InChI is InChI=1S/C62H111NO10/c1-4-7-10-13-16-19-22-24-26-28-30-32-35-38-41-44-47-50-57(67)73-60-59(69)58(68)56(51-64)72-62(60)71-52-53(54(65)48-45-42-39-36-33-21-18-15-12-9-6-3)63-61(70)55(66)49-46-43-40-37-34-31-29-27-25-23-20-17-14-11-8-5-2/h16,19,24-27,30,32,45,48,53-56,58-60,62,64-66,68-69H,4-15,17-18,20-23,28-29,31,33-44,46-47,49-52H2,1-3H3,(H,63,70)/b19-16-,26-24-,27-25+,32-30-,48-45+. The number of unbranched alkanes of at least 4 members (excludes halogenated alkanes) is 28. The van der Waals surface area contributed by atoms with Crippen LogP contribution in [0, 0.1) is 0 Å². The molecule has 0 bridgehead atoms. The Labute approximate surface area is 446 Å². The van der Waals surface area contributed by atoms with Gasteiger partial charge in [-0.1, -0.05) is 223 Å². The molecule has 424 valence electrons. The first-order valence-corrected chi connectivity index (χ1v) is 30.1. The average molecular weight is 1030 g/mol. The van der Waals surface area contributed by atoms with E-state index in [4.69, 9.17) is 14.2 Å². The molecule has 1 rings (SSSR count). The first kappa shape index (κ1) is 68.4. The summed E-state index contributed by atoms with van der Waals surface area (Å²) in [6, 6.07) is -1.03. The third kappa shape index (κ3) is 38.5. The van der Waals surface area contributed by atoms with Crippen LogP contribution in [-0.2, 0) is 23.8 Å². The third-order valence-corrected chi connectivity index (χ3v) is 13.9. The van der Waals surface area contributed by atoms with Crippen molar-refractivity contribution in [3.63, 3.8) is 0 Å². The van der Waals surface area contributed by atoms with Crippen LogP contribution in [0.2, 0.25) is 0 Å². The number of hydrogen-bond acceptors (Lipinski definition) is 10. The molecule has 73 heavy (non-hydrogen) atoms. The molecule has 6 N–H and O–H groups in total. The molecule has 1 heterocycles. The highest BCUT2D eigenvalue weighted by molar-refractivity contribution is 5.80. The zero-order valence-corrected chi connectivity index (χ0v) is 46.7. The molecular formula is C62H111NO10. The van der Waals surface area contributed by atoms with Crippen LogP contribution in [0.4, 0.5) is 0 Å². The van der Waals surface area contributed by atoms with Crippen LogP contribution in [0.1, 0.15) is 258 Å². The number of rotatable bonds is 50. The van der Waals surface area contributed by atoms with Crippen molar-refractivity contribution >= 4 is 11.9 Å². The number of amides is 1. The Morgan fingerprint density at radius 3 is 1.45 bits per heavy atom. The Morgan fingerprint density at radius 2 is 0.945 bits per heavy atom. The van der Waals surface area contributed by atoms with E-state index in [1.165, 1.54) is 116 Å². The van der Waals surface area contributed by atoms with Crippen LogP contribution in [-0.4, -0.2) is 99.6 Å². The van der Waals surface area contributed by atoms with Crippen molar-refractivity contribution in [1.29, 1.82) is 0 Å². The van der Waals surface area contributed by atoms with Crippen molar-refractivity contribution in [1.82, 2.24) is 5.32 Å². The number of aliphatic hydroxyl groups is 5. The summed E-state index contributed by atoms with van der Waals surface area (Å²) in [5.41, 5.74) is 0. The maximum atomic E-state index is 13.4. The molecule has 0 spiro atoms. The lowest BCUT2D eigenvalue weighted by Crippen LogP contribution is -2.61. The molecule has 8 unspecified atom stereocenters. The highest BCUT2D eigenvalue weighted by Crippen LogP contribution is 2.26. The van der Waals surface area contributed by atoms with Crippen LogP contribution >= 0.6 is 0 Å². The predicted molar refractivity (Wildman–Crippen MR) is 301 cm³/mol. The zero-order valence-electron chi connectivity index (χ0n) is 46.7. The zero-order chi connectivity index (χ0) is 53.3. The van der Waals surface area contributed by atoms with Crippen molar-refractivity contribution in [3.8, 4) is 0 Å². The van der Waals surface area contributed by atoms with Gasteiger partial charge in [-0.25, -0.2) is 0 Å². The third-order valence-electron chi connectivity index (χ3n) is 13.9. The molecule has 0 saturated carbocycles. The van der Waals surface area contributed by atoms with Gasteiger partial charge in [0, 0.05) is 6.42 Å². The van der Waals surface area contributed by atoms with E-state index in [0.717, 1.165) is 96.3 Å². The van der Waals surface area contributed by atoms with Gasteiger partial charge in [0.15, 0.2) is 12.4 Å². The lowest BCUT2D eigenvalue weighted by atomic mass is 9.99. The maximum Gasteiger partial charge on any atom is 0.306 e. The van der Waals surface area contributed by atoms with E-state index in [1.54, 1.807) is 6.08 Å². The van der Waals surface area contributed by atoms with E-state index in [1.807, 2.05) is 6.08 Å². The lowest BCUT2D eigenvalue weighted by molar-refractivity contribution is -0.305. The van der Waals surface area contributed by atoms with E-state index >= 15 is 0 Å². The van der Waals surface area contributed by atoms with E-state index in [2.05, 4.69) is 74.7 Å². The van der Waals surface area contributed by atoms with Crippen molar-refractivity contribution < 1.29 is 49.3 Å². The second kappa shape index (κ2) is 50.2. The second-order valence-corrected chi connectivity index (χ2v) is 20.7. The van der Waals surface area contributed by atoms with Gasteiger partial charge in [-0.3, -0.25) is 9.59 Å². The lowest BCUT2D eigenvalue weighted by Gasteiger charge is -2.41. The fraction of sp³-hybridized carbons (Fsp3) is 0.806. The van der Waals surface area contributed by atoms with Crippen LogP contribution in [0.25, 0.3) is 0 Å². The molecule has 0 aromatic carbocycles. The number of ether oxygens (including phenoxy) is 3. The van der Waals surface area contributed by atoms with Crippen molar-refractivity contribution in [2.45, 2.75) is 307 Å². The smallest absolute Gasteiger partial charge is 0.306 e. The Hall–Kier alpha value is -2.64. The van der Waals surface area contributed by atoms with Gasteiger partial charge in [-0.15, -0.1) is 0 Å². The number of carbonyl (C=O) groups is 2. The van der Waals surface area contributed by atoms with E-state index < -0.39 is 67.4 Å². The van der Waals surface area contributed by atoms with Crippen molar-refractivity contribution in [3.05, 3.63) is 60.8 Å². The van der Waals surface area contributed by atoms with Gasteiger partial charge in [0.05, 0.1) is 25.4 Å². The van der Waals surface area contributed by atoms with Gasteiger partial charge >= 0.3 is 5.97 Å². The Balaban J connectivity index is 2.71. The summed E-state index contributed by atoms with van der Waals surface area (Å²) >= 11 is 0. The topological polar surface area (TPSA) is 175 Å². The number of esters is 1. The molecule has 11 heteroatoms. The van der Waals surface area contributed by atoms with Gasteiger partial charge in [-0.05, 0) is 89.9 Å². The van der Waals surface area contributed by atoms with Crippen molar-refractivity contribution in [2.24, 2.45) is 0 Å². The number of aliphatic hydroxyl groups excluding tert-OH is 5. The van der Waals surface area contributed by atoms with Gasteiger partial charge in [0.1, 0.15) is 24.4 Å². The summed E-state index contributed by atoms with van der Waals surface area (Å²) in [6.45, 7) is 5.73. The number of allylic oxidation sites excluding steroid dienone is 9. The molecular weight excluding hydrogens is 919 g/mol. The molecule has 8 atom stereocenters. The quantitative estimate of drug-likeness (QED) is 0.0195. The number of carbonyl (C=O) groups excluding carboxylic acids is 2. The van der Waals surface area contributed by atoms with E-state index in [-0.39, 0.29) is 19.4 Å². The molecule has 1 aliphatic rings. The van der Waals surface area contributed by atoms with Gasteiger partial charge in [-0.2, -0.15) is 0 Å². The minimum atomic E-state index is -1.62. The monoisotopic (exact) mass is 1030 g/mol. The van der Waals surface area contributed by atoms with Crippen LogP contribution in [0.15, 0.2) is 60.8 Å². The summed E-state index contributed by atoms with van der Waals surface area (Å²) in [5.74, 6) is -1.22. The summed E-state index contributed by atoms with van der Waals surface area (Å²) in [6.07, 6.45) is 51.1. The fourth-order valence-corrected chi connectivity index (χ4v) is 9.06. The molecule has 0 aromatic rings. The summed E-state index contributed by atoms with van der Waals surface area (Å²) < 4.78 is 17.6.